The lowest BCUT2D eigenvalue weighted by Crippen LogP contribution is -2.30. The first-order chi connectivity index (χ1) is 34.0. The van der Waals surface area contributed by atoms with Crippen LogP contribution in [0.25, 0.3) is 0 Å². The van der Waals surface area contributed by atoms with Gasteiger partial charge in [0.25, 0.3) is 0 Å². The fourth-order valence-corrected chi connectivity index (χ4v) is 7.23. The van der Waals surface area contributed by atoms with Crippen LogP contribution in [0, 0.1) is 0 Å². The van der Waals surface area contributed by atoms with Gasteiger partial charge in [0.2, 0.25) is 0 Å². The van der Waals surface area contributed by atoms with Gasteiger partial charge >= 0.3 is 17.9 Å². The van der Waals surface area contributed by atoms with Crippen LogP contribution in [0.3, 0.4) is 0 Å². The van der Waals surface area contributed by atoms with Crippen LogP contribution in [-0.4, -0.2) is 37.2 Å². The fourth-order valence-electron chi connectivity index (χ4n) is 7.23. The first-order valence-corrected chi connectivity index (χ1v) is 28.0. The Balaban J connectivity index is 4.55. The average Bonchev–Trinajstić information content (AvgIpc) is 3.35. The zero-order chi connectivity index (χ0) is 50.0. The first kappa shape index (κ1) is 64.8. The summed E-state index contributed by atoms with van der Waals surface area (Å²) in [6, 6.07) is 0. The Morgan fingerprint density at radius 1 is 0.304 bits per heavy atom. The molecule has 0 aliphatic rings. The highest BCUT2D eigenvalue weighted by molar-refractivity contribution is 5.71. The van der Waals surface area contributed by atoms with Gasteiger partial charge in [-0.3, -0.25) is 14.4 Å². The Kier molecular flexibility index (Phi) is 53.0. The predicted octanol–water partition coefficient (Wildman–Crippen LogP) is 18.9. The van der Waals surface area contributed by atoms with E-state index in [1.165, 1.54) is 77.0 Å². The minimum absolute atomic E-state index is 0.114. The second-order valence-electron chi connectivity index (χ2n) is 18.1. The molecule has 6 heteroatoms. The molecule has 0 bridgehead atoms. The normalized spacial score (nSPS) is 13.0. The van der Waals surface area contributed by atoms with Crippen molar-refractivity contribution in [2.75, 3.05) is 13.2 Å². The third-order valence-corrected chi connectivity index (χ3v) is 11.4. The van der Waals surface area contributed by atoms with Crippen LogP contribution in [0.4, 0.5) is 0 Å². The maximum absolute atomic E-state index is 12.8. The van der Waals surface area contributed by atoms with E-state index >= 15 is 0 Å². The molecule has 0 N–H and O–H groups in total. The topological polar surface area (TPSA) is 78.9 Å². The van der Waals surface area contributed by atoms with Crippen molar-refractivity contribution >= 4 is 17.9 Å². The van der Waals surface area contributed by atoms with Crippen LogP contribution in [0.15, 0.2) is 122 Å². The van der Waals surface area contributed by atoms with E-state index in [9.17, 15) is 14.4 Å². The molecule has 0 aliphatic heterocycles. The molecule has 0 spiro atoms. The van der Waals surface area contributed by atoms with Gasteiger partial charge in [-0.1, -0.05) is 219 Å². The second-order valence-corrected chi connectivity index (χ2v) is 18.1. The molecular formula is C63H102O6. The smallest absolute Gasteiger partial charge is 0.306 e. The van der Waals surface area contributed by atoms with Gasteiger partial charge in [-0.2, -0.15) is 0 Å². The second kappa shape index (κ2) is 56.4. The minimum atomic E-state index is -0.823. The van der Waals surface area contributed by atoms with Crippen molar-refractivity contribution in [3.8, 4) is 0 Å². The zero-order valence-corrected chi connectivity index (χ0v) is 44.5. The van der Waals surface area contributed by atoms with Gasteiger partial charge in [0.05, 0.1) is 0 Å². The molecule has 0 aromatic carbocycles. The molecule has 390 valence electrons. The van der Waals surface area contributed by atoms with E-state index in [0.717, 1.165) is 116 Å². The first-order valence-electron chi connectivity index (χ1n) is 28.0. The third kappa shape index (κ3) is 54.6. The summed E-state index contributed by atoms with van der Waals surface area (Å²) in [5.41, 5.74) is 0. The van der Waals surface area contributed by atoms with Crippen molar-refractivity contribution in [2.24, 2.45) is 0 Å². The molecule has 0 aliphatic carbocycles. The molecule has 0 heterocycles. The third-order valence-electron chi connectivity index (χ3n) is 11.4. The Hall–Kier alpha value is -4.19. The molecule has 0 amide bonds. The number of esters is 3. The fraction of sp³-hybridized carbons (Fsp3) is 0.635. The van der Waals surface area contributed by atoms with Crippen molar-refractivity contribution in [3.05, 3.63) is 122 Å². The standard InChI is InChI=1S/C63H102O6/c1-4-7-10-13-16-19-22-25-28-30-31-33-36-38-41-44-47-50-53-56-62(65)68-59-60(69-63(66)57-54-51-48-45-42-39-34-27-24-21-18-15-12-9-6-3)58-67-61(64)55-52-49-46-43-40-37-35-32-29-26-23-20-17-14-11-8-5-2/h7,10,16-21,25-29,31,33-34,38,41,47,50,60H,4-6,8-9,11-15,22-24,30,32,35-37,39-40,42-46,48-49,51-59H2,1-3H3/b10-7-,19-16-,20-17-,21-18-,28-25-,29-26-,33-31-,34-27-,41-38-,50-47-/t60-/m0/s1. The average molecular weight is 956 g/mol. The monoisotopic (exact) mass is 955 g/mol. The Labute approximate surface area is 424 Å². The number of carbonyl (C=O) groups is 3. The van der Waals surface area contributed by atoms with Crippen LogP contribution < -0.4 is 0 Å². The maximum Gasteiger partial charge on any atom is 0.306 e. The van der Waals surface area contributed by atoms with Crippen LogP contribution in [0.1, 0.15) is 239 Å². The van der Waals surface area contributed by atoms with Gasteiger partial charge in [-0.15, -0.1) is 0 Å². The van der Waals surface area contributed by atoms with Gasteiger partial charge in [0, 0.05) is 19.3 Å². The zero-order valence-electron chi connectivity index (χ0n) is 44.5. The van der Waals surface area contributed by atoms with Crippen LogP contribution in [0.2, 0.25) is 0 Å². The molecule has 69 heavy (non-hydrogen) atoms. The summed E-state index contributed by atoms with van der Waals surface area (Å²) in [5.74, 6) is -1.03. The lowest BCUT2D eigenvalue weighted by atomic mass is 10.1. The van der Waals surface area contributed by atoms with E-state index in [0.29, 0.717) is 19.3 Å². The largest absolute Gasteiger partial charge is 0.462 e. The van der Waals surface area contributed by atoms with E-state index < -0.39 is 6.10 Å². The van der Waals surface area contributed by atoms with Crippen molar-refractivity contribution < 1.29 is 28.6 Å². The van der Waals surface area contributed by atoms with Crippen LogP contribution >= 0.6 is 0 Å². The summed E-state index contributed by atoms with van der Waals surface area (Å²) in [6.45, 7) is 6.38. The highest BCUT2D eigenvalue weighted by atomic mass is 16.6. The lowest BCUT2D eigenvalue weighted by molar-refractivity contribution is -0.166. The lowest BCUT2D eigenvalue weighted by Gasteiger charge is -2.18. The SMILES string of the molecule is CC/C=C\C/C=C\C/C=C\C/C=C\C/C=C\C/C=C\CCC(=O)OC[C@H](COC(=O)CCCCCCCCC/C=C\C/C=C\CCCCC)OC(=O)CCCCCCC/C=C\C/C=C\CCCCC. The number of unbranched alkanes of at least 4 members (excludes halogenated alkanes) is 18. The Bertz CT molecular complexity index is 1470. The summed E-state index contributed by atoms with van der Waals surface area (Å²) >= 11 is 0. The Morgan fingerprint density at radius 2 is 0.594 bits per heavy atom. The van der Waals surface area contributed by atoms with Gasteiger partial charge in [-0.05, 0) is 122 Å². The maximum atomic E-state index is 12.8. The van der Waals surface area contributed by atoms with Crippen molar-refractivity contribution in [2.45, 2.75) is 245 Å². The van der Waals surface area contributed by atoms with Crippen molar-refractivity contribution in [3.63, 3.8) is 0 Å². The molecule has 0 rings (SSSR count). The molecule has 6 nitrogen and oxygen atoms in total. The molecule has 0 aromatic rings. The van der Waals surface area contributed by atoms with E-state index in [2.05, 4.69) is 136 Å². The van der Waals surface area contributed by atoms with E-state index in [-0.39, 0.29) is 37.5 Å². The number of hydrogen-bond donors (Lipinski definition) is 0. The van der Waals surface area contributed by atoms with Gasteiger partial charge < -0.3 is 14.2 Å². The van der Waals surface area contributed by atoms with Crippen LogP contribution in [-0.2, 0) is 28.6 Å². The molecule has 0 saturated carbocycles. The van der Waals surface area contributed by atoms with Crippen LogP contribution in [0.5, 0.6) is 0 Å². The molecule has 0 radical (unpaired) electrons. The van der Waals surface area contributed by atoms with E-state index in [1.807, 2.05) is 6.08 Å². The number of hydrogen-bond acceptors (Lipinski definition) is 6. The summed E-state index contributed by atoms with van der Waals surface area (Å²) < 4.78 is 16.8. The number of rotatable bonds is 49. The van der Waals surface area contributed by atoms with Gasteiger partial charge in [0.1, 0.15) is 13.2 Å². The molecule has 0 fully saturated rings. The Morgan fingerprint density at radius 3 is 0.971 bits per heavy atom. The molecule has 0 aromatic heterocycles. The van der Waals surface area contributed by atoms with Gasteiger partial charge in [-0.25, -0.2) is 0 Å². The van der Waals surface area contributed by atoms with Crippen molar-refractivity contribution in [1.82, 2.24) is 0 Å². The summed E-state index contributed by atoms with van der Waals surface area (Å²) in [7, 11) is 0. The van der Waals surface area contributed by atoms with E-state index in [1.54, 1.807) is 0 Å². The summed E-state index contributed by atoms with van der Waals surface area (Å²) in [4.78, 5) is 38.1. The number of carbonyl (C=O) groups excluding carboxylic acids is 3. The highest BCUT2D eigenvalue weighted by Crippen LogP contribution is 2.13. The predicted molar refractivity (Wildman–Crippen MR) is 297 cm³/mol. The molecule has 0 saturated heterocycles. The molecule has 1 atom stereocenters. The highest BCUT2D eigenvalue weighted by Gasteiger charge is 2.19. The molecule has 0 unspecified atom stereocenters. The van der Waals surface area contributed by atoms with Gasteiger partial charge in [0.15, 0.2) is 6.10 Å². The number of ether oxygens (including phenoxy) is 3. The summed E-state index contributed by atoms with van der Waals surface area (Å²) in [6.07, 6.45) is 77.6. The minimum Gasteiger partial charge on any atom is -0.462 e. The quantitative estimate of drug-likeness (QED) is 0.0262. The molecular weight excluding hydrogens is 853 g/mol. The van der Waals surface area contributed by atoms with Crippen molar-refractivity contribution in [1.29, 1.82) is 0 Å². The number of allylic oxidation sites excluding steroid dienone is 20. The van der Waals surface area contributed by atoms with E-state index in [4.69, 9.17) is 14.2 Å². The summed E-state index contributed by atoms with van der Waals surface area (Å²) in [5, 5.41) is 0.